The van der Waals surface area contributed by atoms with Crippen molar-refractivity contribution in [1.82, 2.24) is 9.88 Å². The first-order valence-corrected chi connectivity index (χ1v) is 11.9. The molecule has 2 aliphatic rings. The molecule has 0 radical (unpaired) electrons. The minimum Gasteiger partial charge on any atom is -0.481 e. The number of hydrogen-bond donors (Lipinski definition) is 1. The Balaban J connectivity index is 1.34. The molecule has 1 N–H and O–H groups in total. The summed E-state index contributed by atoms with van der Waals surface area (Å²) in [5.74, 6) is -0.562. The van der Waals surface area contributed by atoms with Crippen LogP contribution in [0.2, 0.25) is 0 Å². The van der Waals surface area contributed by atoms with Crippen LogP contribution >= 0.6 is 0 Å². The number of carboxylic acid groups (broad SMARTS) is 1. The van der Waals surface area contributed by atoms with Gasteiger partial charge in [0, 0.05) is 36.2 Å². The van der Waals surface area contributed by atoms with Crippen molar-refractivity contribution in [3.05, 3.63) is 59.8 Å². The number of carboxylic acids is 1. The van der Waals surface area contributed by atoms with Crippen LogP contribution in [0.4, 0.5) is 0 Å². The summed E-state index contributed by atoms with van der Waals surface area (Å²) in [6.07, 6.45) is 3.53. The van der Waals surface area contributed by atoms with E-state index in [2.05, 4.69) is 37.0 Å². The van der Waals surface area contributed by atoms with Gasteiger partial charge >= 0.3 is 5.97 Å². The van der Waals surface area contributed by atoms with E-state index in [1.54, 1.807) is 11.8 Å². The van der Waals surface area contributed by atoms with Crippen LogP contribution in [-0.2, 0) is 9.59 Å². The molecule has 1 saturated carbocycles. The third-order valence-corrected chi connectivity index (χ3v) is 7.53. The number of carbonyl (C=O) groups is 2. The number of pyridine rings is 1. The molecular formula is C28H30N2O4. The number of likely N-dealkylation sites (tertiary alicyclic amines) is 1. The molecule has 3 aromatic rings. The summed E-state index contributed by atoms with van der Waals surface area (Å²) in [5.41, 5.74) is 5.35. The zero-order valence-corrected chi connectivity index (χ0v) is 19.9. The number of rotatable bonds is 5. The Kier molecular flexibility index (Phi) is 5.54. The molecule has 6 nitrogen and oxygen atoms in total. The van der Waals surface area contributed by atoms with E-state index in [1.807, 2.05) is 30.5 Å². The summed E-state index contributed by atoms with van der Waals surface area (Å²) in [6, 6.07) is 14.1. The molecule has 1 aliphatic heterocycles. The highest BCUT2D eigenvalue weighted by Crippen LogP contribution is 2.58. The number of fused-ring (bicyclic) bond motifs is 1. The number of hydrogen-bond acceptors (Lipinski definition) is 4. The topological polar surface area (TPSA) is 79.7 Å². The number of piperidine rings is 1. The minimum atomic E-state index is -0.748. The Bertz CT molecular complexity index is 1270. The maximum atomic E-state index is 13.1. The Morgan fingerprint density at radius 3 is 2.65 bits per heavy atom. The van der Waals surface area contributed by atoms with Gasteiger partial charge in [0.05, 0.1) is 11.4 Å². The normalized spacial score (nSPS) is 22.6. The molecular weight excluding hydrogens is 428 g/mol. The number of aromatic nitrogens is 1. The molecule has 3 atom stereocenters. The van der Waals surface area contributed by atoms with Gasteiger partial charge in [-0.15, -0.1) is 0 Å². The Morgan fingerprint density at radius 2 is 1.94 bits per heavy atom. The molecule has 0 bridgehead atoms. The van der Waals surface area contributed by atoms with Crippen LogP contribution in [0.3, 0.4) is 0 Å². The molecule has 1 spiro atoms. The highest BCUT2D eigenvalue weighted by atomic mass is 16.5. The van der Waals surface area contributed by atoms with Crippen molar-refractivity contribution < 1.29 is 19.4 Å². The predicted molar refractivity (Wildman–Crippen MR) is 131 cm³/mol. The van der Waals surface area contributed by atoms with Gasteiger partial charge in [-0.3, -0.25) is 14.6 Å². The number of nitrogens with zero attached hydrogens (tertiary/aromatic N) is 2. The number of benzene rings is 2. The van der Waals surface area contributed by atoms with Gasteiger partial charge in [0.15, 0.2) is 6.10 Å². The van der Waals surface area contributed by atoms with Crippen LogP contribution < -0.4 is 4.74 Å². The number of ether oxygens (including phenoxy) is 1. The Labute approximate surface area is 199 Å². The van der Waals surface area contributed by atoms with Crippen LogP contribution in [0.1, 0.15) is 37.3 Å². The third kappa shape index (κ3) is 3.91. The van der Waals surface area contributed by atoms with Crippen LogP contribution in [0.5, 0.6) is 5.75 Å². The summed E-state index contributed by atoms with van der Waals surface area (Å²) < 4.78 is 6.05. The fraction of sp³-hybridized carbons (Fsp3) is 0.393. The van der Waals surface area contributed by atoms with Crippen LogP contribution in [0, 0.1) is 25.2 Å². The second-order valence-electron chi connectivity index (χ2n) is 9.89. The fourth-order valence-electron chi connectivity index (χ4n) is 5.67. The molecule has 2 fully saturated rings. The first-order chi connectivity index (χ1) is 16.3. The van der Waals surface area contributed by atoms with Gasteiger partial charge in [-0.05, 0) is 80.5 Å². The summed E-state index contributed by atoms with van der Waals surface area (Å²) in [4.78, 5) is 30.9. The van der Waals surface area contributed by atoms with E-state index in [-0.39, 0.29) is 17.2 Å². The van der Waals surface area contributed by atoms with Crippen LogP contribution in [0.25, 0.3) is 22.0 Å². The highest BCUT2D eigenvalue weighted by Gasteiger charge is 2.60. The molecule has 1 aromatic heterocycles. The van der Waals surface area contributed by atoms with Crippen molar-refractivity contribution in [1.29, 1.82) is 0 Å². The molecule has 2 aromatic carbocycles. The fourth-order valence-corrected chi connectivity index (χ4v) is 5.67. The molecule has 34 heavy (non-hydrogen) atoms. The largest absolute Gasteiger partial charge is 0.481 e. The van der Waals surface area contributed by atoms with E-state index in [0.717, 1.165) is 29.3 Å². The standard InChI is InChI=1S/C28H30N2O4/c1-17-6-4-7-18(2)25(17)22-10-12-29-24-14-20(8-9-21(22)24)34-19(3)26(31)30-13-5-11-28(16-30)15-23(28)27(32)33/h4,6-10,12,14,19,23H,5,11,13,15-16H2,1-3H3,(H,32,33)/t19-,23?,28?/m1/s1. The molecule has 2 unspecified atom stereocenters. The van der Waals surface area contributed by atoms with Gasteiger partial charge in [-0.25, -0.2) is 0 Å². The van der Waals surface area contributed by atoms with Gasteiger partial charge in [-0.2, -0.15) is 0 Å². The minimum absolute atomic E-state index is 0.0903. The zero-order valence-electron chi connectivity index (χ0n) is 19.9. The first kappa shape index (κ1) is 22.4. The van der Waals surface area contributed by atoms with E-state index >= 15 is 0 Å². The summed E-state index contributed by atoms with van der Waals surface area (Å²) in [6.45, 7) is 7.15. The van der Waals surface area contributed by atoms with Crippen molar-refractivity contribution in [2.24, 2.45) is 11.3 Å². The highest BCUT2D eigenvalue weighted by molar-refractivity contribution is 5.96. The van der Waals surface area contributed by atoms with E-state index < -0.39 is 12.1 Å². The SMILES string of the molecule is Cc1cccc(C)c1-c1ccnc2cc(O[C@H](C)C(=O)N3CCCC4(CC4C(=O)O)C3)ccc12. The Morgan fingerprint density at radius 1 is 1.18 bits per heavy atom. The molecule has 1 amide bonds. The van der Waals surface area contributed by atoms with Gasteiger partial charge < -0.3 is 14.7 Å². The van der Waals surface area contributed by atoms with E-state index in [0.29, 0.717) is 25.3 Å². The van der Waals surface area contributed by atoms with Gasteiger partial charge in [0.1, 0.15) is 5.75 Å². The lowest BCUT2D eigenvalue weighted by Crippen LogP contribution is -2.47. The smallest absolute Gasteiger partial charge is 0.307 e. The molecule has 5 rings (SSSR count). The maximum absolute atomic E-state index is 13.1. The van der Waals surface area contributed by atoms with E-state index in [4.69, 9.17) is 4.74 Å². The number of carbonyl (C=O) groups excluding carboxylic acids is 1. The molecule has 6 heteroatoms. The van der Waals surface area contributed by atoms with E-state index in [9.17, 15) is 14.7 Å². The average molecular weight is 459 g/mol. The van der Waals surface area contributed by atoms with Crippen molar-refractivity contribution >= 4 is 22.8 Å². The summed E-state index contributed by atoms with van der Waals surface area (Å²) in [7, 11) is 0. The monoisotopic (exact) mass is 458 g/mol. The molecule has 2 heterocycles. The average Bonchev–Trinajstić information content (AvgIpc) is 3.51. The van der Waals surface area contributed by atoms with Crippen molar-refractivity contribution in [2.75, 3.05) is 13.1 Å². The first-order valence-electron chi connectivity index (χ1n) is 11.9. The second kappa shape index (κ2) is 8.42. The number of aryl methyl sites for hydroxylation is 2. The maximum Gasteiger partial charge on any atom is 0.307 e. The van der Waals surface area contributed by atoms with Crippen molar-refractivity contribution in [3.63, 3.8) is 0 Å². The summed E-state index contributed by atoms with van der Waals surface area (Å²) in [5, 5.41) is 10.4. The molecule has 1 saturated heterocycles. The molecule has 176 valence electrons. The van der Waals surface area contributed by atoms with Crippen molar-refractivity contribution in [3.8, 4) is 16.9 Å². The van der Waals surface area contributed by atoms with Crippen molar-refractivity contribution in [2.45, 2.75) is 46.1 Å². The lowest BCUT2D eigenvalue weighted by Gasteiger charge is -2.35. The lowest BCUT2D eigenvalue weighted by molar-refractivity contribution is -0.143. The second-order valence-corrected chi connectivity index (χ2v) is 9.89. The van der Waals surface area contributed by atoms with Gasteiger partial charge in [-0.1, -0.05) is 18.2 Å². The summed E-state index contributed by atoms with van der Waals surface area (Å²) >= 11 is 0. The third-order valence-electron chi connectivity index (χ3n) is 7.53. The Hall–Kier alpha value is -3.41. The lowest BCUT2D eigenvalue weighted by atomic mass is 9.92. The van der Waals surface area contributed by atoms with Gasteiger partial charge in [0.2, 0.25) is 0 Å². The number of amides is 1. The zero-order chi connectivity index (χ0) is 24.0. The van der Waals surface area contributed by atoms with Crippen LogP contribution in [0.15, 0.2) is 48.7 Å². The number of aliphatic carboxylic acids is 1. The molecule has 1 aliphatic carbocycles. The quantitative estimate of drug-likeness (QED) is 0.582. The van der Waals surface area contributed by atoms with E-state index in [1.165, 1.54) is 16.7 Å². The predicted octanol–water partition coefficient (Wildman–Crippen LogP) is 5.00. The van der Waals surface area contributed by atoms with Gasteiger partial charge in [0.25, 0.3) is 5.91 Å². The van der Waals surface area contributed by atoms with Crippen LogP contribution in [-0.4, -0.2) is 46.1 Å².